The van der Waals surface area contributed by atoms with Crippen LogP contribution in [0.5, 0.6) is 0 Å². The SMILES string of the molecule is O=C(/C=C/c1ccc(-c2ccc(Cl)cc2Cl)o1)NC(=S)Nc1ccc(Cl)cn1. The van der Waals surface area contributed by atoms with Crippen LogP contribution in [0.4, 0.5) is 5.82 Å². The number of halogens is 3. The lowest BCUT2D eigenvalue weighted by Gasteiger charge is -2.06. The van der Waals surface area contributed by atoms with Gasteiger partial charge in [-0.05, 0) is 60.8 Å². The number of anilines is 1. The Bertz CT molecular complexity index is 1050. The number of nitrogens with one attached hydrogen (secondary N) is 2. The van der Waals surface area contributed by atoms with Crippen molar-refractivity contribution in [1.29, 1.82) is 0 Å². The van der Waals surface area contributed by atoms with Gasteiger partial charge in [0.2, 0.25) is 5.91 Å². The molecule has 0 unspecified atom stereocenters. The topological polar surface area (TPSA) is 67.2 Å². The van der Waals surface area contributed by atoms with Crippen molar-refractivity contribution in [3.8, 4) is 11.3 Å². The molecule has 0 aliphatic rings. The second-order valence-electron chi connectivity index (χ2n) is 5.46. The molecule has 1 amide bonds. The van der Waals surface area contributed by atoms with Crippen LogP contribution < -0.4 is 10.6 Å². The highest BCUT2D eigenvalue weighted by atomic mass is 35.5. The van der Waals surface area contributed by atoms with Gasteiger partial charge in [0.25, 0.3) is 0 Å². The van der Waals surface area contributed by atoms with E-state index in [1.54, 1.807) is 42.5 Å². The molecule has 2 heterocycles. The lowest BCUT2D eigenvalue weighted by atomic mass is 10.2. The van der Waals surface area contributed by atoms with Gasteiger partial charge in [0, 0.05) is 22.9 Å². The Morgan fingerprint density at radius 1 is 1.07 bits per heavy atom. The minimum atomic E-state index is -0.422. The van der Waals surface area contributed by atoms with Crippen molar-refractivity contribution in [3.05, 3.63) is 75.6 Å². The van der Waals surface area contributed by atoms with E-state index in [4.69, 9.17) is 51.4 Å². The average molecular weight is 453 g/mol. The van der Waals surface area contributed by atoms with Gasteiger partial charge >= 0.3 is 0 Å². The van der Waals surface area contributed by atoms with E-state index in [2.05, 4.69) is 15.6 Å². The second kappa shape index (κ2) is 9.21. The van der Waals surface area contributed by atoms with Crippen LogP contribution in [-0.4, -0.2) is 16.0 Å². The molecule has 2 N–H and O–H groups in total. The number of thiocarbonyl (C=S) groups is 1. The fourth-order valence-corrected chi connectivity index (χ4v) is 3.00. The largest absolute Gasteiger partial charge is 0.457 e. The van der Waals surface area contributed by atoms with Gasteiger partial charge in [-0.3, -0.25) is 10.1 Å². The lowest BCUT2D eigenvalue weighted by molar-refractivity contribution is -0.115. The maximum absolute atomic E-state index is 12.0. The Hall–Kier alpha value is -2.38. The Labute approximate surface area is 181 Å². The highest BCUT2D eigenvalue weighted by molar-refractivity contribution is 7.80. The Kier molecular flexibility index (Phi) is 6.70. The van der Waals surface area contributed by atoms with Crippen molar-refractivity contribution in [2.45, 2.75) is 0 Å². The second-order valence-corrected chi connectivity index (χ2v) is 7.15. The number of furan rings is 1. The summed E-state index contributed by atoms with van der Waals surface area (Å²) in [5, 5.41) is 6.91. The number of benzene rings is 1. The van der Waals surface area contributed by atoms with E-state index in [9.17, 15) is 4.79 Å². The van der Waals surface area contributed by atoms with E-state index < -0.39 is 5.91 Å². The molecule has 0 spiro atoms. The molecule has 3 rings (SSSR count). The number of rotatable bonds is 4. The normalized spacial score (nSPS) is 10.8. The number of aromatic nitrogens is 1. The summed E-state index contributed by atoms with van der Waals surface area (Å²) in [7, 11) is 0. The van der Waals surface area contributed by atoms with E-state index in [1.165, 1.54) is 18.3 Å². The fourth-order valence-electron chi connectivity index (χ4n) is 2.19. The van der Waals surface area contributed by atoms with Crippen molar-refractivity contribution in [1.82, 2.24) is 10.3 Å². The van der Waals surface area contributed by atoms with E-state index in [0.717, 1.165) is 0 Å². The van der Waals surface area contributed by atoms with E-state index in [-0.39, 0.29) is 5.11 Å². The summed E-state index contributed by atoms with van der Waals surface area (Å²) in [4.78, 5) is 16.0. The summed E-state index contributed by atoms with van der Waals surface area (Å²) in [6, 6.07) is 11.9. The smallest absolute Gasteiger partial charge is 0.250 e. The maximum atomic E-state index is 12.0. The van der Waals surface area contributed by atoms with Crippen LogP contribution in [0.15, 0.2) is 59.2 Å². The summed E-state index contributed by atoms with van der Waals surface area (Å²) < 4.78 is 5.69. The number of carbonyl (C=O) groups excluding carboxylic acids is 1. The molecule has 0 fully saturated rings. The van der Waals surface area contributed by atoms with Crippen molar-refractivity contribution in [3.63, 3.8) is 0 Å². The number of pyridine rings is 1. The molecule has 5 nitrogen and oxygen atoms in total. The zero-order chi connectivity index (χ0) is 20.1. The number of amides is 1. The van der Waals surface area contributed by atoms with Crippen molar-refractivity contribution >= 4 is 69.9 Å². The standard InChI is InChI=1S/C19H12Cl3N3O2S/c20-11-1-5-14(15(22)9-11)16-6-3-13(27-16)4-8-18(26)25-19(28)24-17-7-2-12(21)10-23-17/h1-10H,(H2,23,24,25,26,28)/b8-4+. The molecule has 0 radical (unpaired) electrons. The quantitative estimate of drug-likeness (QED) is 0.385. The van der Waals surface area contributed by atoms with Crippen LogP contribution in [-0.2, 0) is 4.79 Å². The summed E-state index contributed by atoms with van der Waals surface area (Å²) in [6.45, 7) is 0. The molecular weight excluding hydrogens is 441 g/mol. The van der Waals surface area contributed by atoms with Gasteiger partial charge in [0.05, 0.1) is 10.0 Å². The monoisotopic (exact) mass is 451 g/mol. The van der Waals surface area contributed by atoms with Gasteiger partial charge in [-0.1, -0.05) is 34.8 Å². The van der Waals surface area contributed by atoms with Crippen molar-refractivity contribution in [2.75, 3.05) is 5.32 Å². The molecule has 1 aromatic carbocycles. The highest BCUT2D eigenvalue weighted by Gasteiger charge is 2.09. The molecular formula is C19H12Cl3N3O2S. The molecule has 3 aromatic rings. The maximum Gasteiger partial charge on any atom is 0.250 e. The van der Waals surface area contributed by atoms with Crippen LogP contribution in [0.3, 0.4) is 0 Å². The molecule has 0 atom stereocenters. The first kappa shape index (κ1) is 20.4. The van der Waals surface area contributed by atoms with Crippen LogP contribution in [0.2, 0.25) is 15.1 Å². The van der Waals surface area contributed by atoms with E-state index >= 15 is 0 Å². The third-order valence-corrected chi connectivity index (χ3v) is 4.40. The van der Waals surface area contributed by atoms with Crippen LogP contribution in [0, 0.1) is 0 Å². The molecule has 0 bridgehead atoms. The molecule has 0 saturated carbocycles. The summed E-state index contributed by atoms with van der Waals surface area (Å²) in [5.74, 6) is 1.09. The van der Waals surface area contributed by atoms with Gasteiger partial charge in [-0.2, -0.15) is 0 Å². The number of hydrogen-bond donors (Lipinski definition) is 2. The summed E-state index contributed by atoms with van der Waals surface area (Å²) in [5.41, 5.74) is 0.705. The van der Waals surface area contributed by atoms with Crippen LogP contribution in [0.1, 0.15) is 5.76 Å². The van der Waals surface area contributed by atoms with Gasteiger partial charge < -0.3 is 9.73 Å². The Morgan fingerprint density at radius 3 is 2.57 bits per heavy atom. The molecule has 28 heavy (non-hydrogen) atoms. The first-order chi connectivity index (χ1) is 13.4. The third-order valence-electron chi connectivity index (χ3n) is 3.43. The minimum Gasteiger partial charge on any atom is -0.457 e. The Balaban J connectivity index is 1.59. The van der Waals surface area contributed by atoms with Crippen LogP contribution >= 0.6 is 47.0 Å². The third kappa shape index (κ3) is 5.56. The highest BCUT2D eigenvalue weighted by Crippen LogP contribution is 2.31. The van der Waals surface area contributed by atoms with Crippen molar-refractivity contribution in [2.24, 2.45) is 0 Å². The molecule has 0 aliphatic carbocycles. The number of carbonyl (C=O) groups is 1. The number of hydrogen-bond acceptors (Lipinski definition) is 4. The van der Waals surface area contributed by atoms with Gasteiger partial charge in [-0.25, -0.2) is 4.98 Å². The van der Waals surface area contributed by atoms with Gasteiger partial charge in [0.1, 0.15) is 17.3 Å². The van der Waals surface area contributed by atoms with Gasteiger partial charge in [-0.15, -0.1) is 0 Å². The lowest BCUT2D eigenvalue weighted by Crippen LogP contribution is -2.33. The minimum absolute atomic E-state index is 0.109. The predicted molar refractivity (Wildman–Crippen MR) is 117 cm³/mol. The van der Waals surface area contributed by atoms with Crippen molar-refractivity contribution < 1.29 is 9.21 Å². The first-order valence-corrected chi connectivity index (χ1v) is 9.42. The van der Waals surface area contributed by atoms with E-state index in [0.29, 0.717) is 38.0 Å². The fraction of sp³-hybridized carbons (Fsp3) is 0. The molecule has 0 aliphatic heterocycles. The average Bonchev–Trinajstić information content (AvgIpc) is 3.10. The zero-order valence-electron chi connectivity index (χ0n) is 14.1. The predicted octanol–water partition coefficient (Wildman–Crippen LogP) is 5.83. The van der Waals surface area contributed by atoms with Gasteiger partial charge in [0.15, 0.2) is 5.11 Å². The molecule has 0 saturated heterocycles. The van der Waals surface area contributed by atoms with Crippen LogP contribution in [0.25, 0.3) is 17.4 Å². The molecule has 9 heteroatoms. The summed E-state index contributed by atoms with van der Waals surface area (Å²) >= 11 is 22.9. The summed E-state index contributed by atoms with van der Waals surface area (Å²) in [6.07, 6.45) is 4.29. The number of nitrogens with zero attached hydrogens (tertiary/aromatic N) is 1. The molecule has 2 aromatic heterocycles. The zero-order valence-corrected chi connectivity index (χ0v) is 17.2. The first-order valence-electron chi connectivity index (χ1n) is 7.87. The Morgan fingerprint density at radius 2 is 1.86 bits per heavy atom. The molecule has 142 valence electrons. The van der Waals surface area contributed by atoms with E-state index in [1.807, 2.05) is 0 Å².